The summed E-state index contributed by atoms with van der Waals surface area (Å²) in [5.74, 6) is -1.07. The van der Waals surface area contributed by atoms with E-state index in [0.717, 1.165) is 0 Å². The third kappa shape index (κ3) is 3.05. The highest BCUT2D eigenvalue weighted by Gasteiger charge is 2.47. The Morgan fingerprint density at radius 1 is 1.00 bits per heavy atom. The molecule has 0 saturated heterocycles. The number of hydrogen-bond donors (Lipinski definition) is 0. The maximum absolute atomic E-state index is 13.1. The quantitative estimate of drug-likeness (QED) is 0.786. The molecule has 2 aromatic carbocycles. The number of hydrogen-bond acceptors (Lipinski definition) is 5. The predicted molar refractivity (Wildman–Crippen MR) is 92.4 cm³/mol. The maximum atomic E-state index is 13.1. The minimum atomic E-state index is -3.82. The summed E-state index contributed by atoms with van der Waals surface area (Å²) in [5, 5.41) is 0. The van der Waals surface area contributed by atoms with Crippen molar-refractivity contribution in [3.05, 3.63) is 77.6 Å². The Bertz CT molecular complexity index is 901. The summed E-state index contributed by atoms with van der Waals surface area (Å²) in [4.78, 5) is 12.4. The number of methoxy groups -OCH3 is 1. The van der Waals surface area contributed by atoms with Crippen LogP contribution in [0.1, 0.15) is 18.4 Å². The molecule has 0 amide bonds. The Hall–Kier alpha value is -2.60. The van der Waals surface area contributed by atoms with Crippen LogP contribution in [0.15, 0.2) is 76.9 Å². The fourth-order valence-electron chi connectivity index (χ4n) is 3.01. The van der Waals surface area contributed by atoms with E-state index in [1.54, 1.807) is 49.4 Å². The first-order chi connectivity index (χ1) is 12.0. The van der Waals surface area contributed by atoms with E-state index in [0.29, 0.717) is 5.56 Å². The highest BCUT2D eigenvalue weighted by Crippen LogP contribution is 2.43. The molecule has 0 radical (unpaired) electrons. The van der Waals surface area contributed by atoms with Gasteiger partial charge in [-0.05, 0) is 24.6 Å². The lowest BCUT2D eigenvalue weighted by Gasteiger charge is -2.21. The molecule has 5 nitrogen and oxygen atoms in total. The van der Waals surface area contributed by atoms with Gasteiger partial charge in [0.1, 0.15) is 5.76 Å². The molecule has 0 spiro atoms. The molecule has 25 heavy (non-hydrogen) atoms. The number of sulfone groups is 1. The molecule has 1 aliphatic heterocycles. The fraction of sp³-hybridized carbons (Fsp3) is 0.211. The zero-order valence-electron chi connectivity index (χ0n) is 13.9. The molecule has 0 fully saturated rings. The number of rotatable bonds is 4. The van der Waals surface area contributed by atoms with Gasteiger partial charge in [-0.3, -0.25) is 0 Å². The molecule has 2 aromatic rings. The normalized spacial score (nSPS) is 20.2. The average Bonchev–Trinajstić information content (AvgIpc) is 3.00. The van der Waals surface area contributed by atoms with Crippen molar-refractivity contribution in [2.75, 3.05) is 7.11 Å². The summed E-state index contributed by atoms with van der Waals surface area (Å²) in [6.45, 7) is 1.59. The van der Waals surface area contributed by atoms with Gasteiger partial charge in [0.2, 0.25) is 15.3 Å². The minimum Gasteiger partial charge on any atom is -0.477 e. The smallest absolute Gasteiger partial charge is 0.337 e. The summed E-state index contributed by atoms with van der Waals surface area (Å²) in [5.41, 5.74) is -0.297. The molecule has 6 heteroatoms. The summed E-state index contributed by atoms with van der Waals surface area (Å²) in [6.07, 6.45) is 0. The van der Waals surface area contributed by atoms with Gasteiger partial charge < -0.3 is 9.47 Å². The van der Waals surface area contributed by atoms with Crippen LogP contribution in [0.5, 0.6) is 0 Å². The van der Waals surface area contributed by atoms with Gasteiger partial charge in [-0.15, -0.1) is 0 Å². The summed E-state index contributed by atoms with van der Waals surface area (Å²) in [7, 11) is -2.55. The molecule has 0 aromatic heterocycles. The number of benzene rings is 2. The van der Waals surface area contributed by atoms with Crippen LogP contribution in [0.3, 0.4) is 0 Å². The van der Waals surface area contributed by atoms with Gasteiger partial charge in [0.05, 0.1) is 23.5 Å². The summed E-state index contributed by atoms with van der Waals surface area (Å²) < 4.78 is 36.8. The molecule has 2 atom stereocenters. The molecular weight excluding hydrogens is 340 g/mol. The first kappa shape index (κ1) is 17.2. The van der Waals surface area contributed by atoms with E-state index in [1.165, 1.54) is 19.2 Å². The lowest BCUT2D eigenvalue weighted by molar-refractivity contribution is -0.136. The first-order valence-electron chi connectivity index (χ1n) is 7.76. The first-order valence-corrected chi connectivity index (χ1v) is 9.31. The topological polar surface area (TPSA) is 69.7 Å². The van der Waals surface area contributed by atoms with E-state index in [4.69, 9.17) is 9.47 Å². The van der Waals surface area contributed by atoms with E-state index in [1.807, 2.05) is 6.07 Å². The van der Waals surface area contributed by atoms with E-state index in [-0.39, 0.29) is 16.2 Å². The minimum absolute atomic E-state index is 0.153. The van der Waals surface area contributed by atoms with Crippen LogP contribution in [0.2, 0.25) is 0 Å². The molecule has 0 bridgehead atoms. The van der Waals surface area contributed by atoms with Gasteiger partial charge in [-0.1, -0.05) is 48.5 Å². The van der Waals surface area contributed by atoms with E-state index in [2.05, 4.69) is 0 Å². The van der Waals surface area contributed by atoms with Crippen molar-refractivity contribution in [1.82, 2.24) is 0 Å². The predicted octanol–water partition coefficient (Wildman–Crippen LogP) is 3.05. The molecular formula is C19H18O5S. The van der Waals surface area contributed by atoms with Gasteiger partial charge in [-0.25, -0.2) is 13.2 Å². The van der Waals surface area contributed by atoms with Crippen LogP contribution in [-0.4, -0.2) is 26.9 Å². The molecule has 0 saturated carbocycles. The summed E-state index contributed by atoms with van der Waals surface area (Å²) in [6, 6.07) is 17.1. The standard InChI is InChI=1S/C19H18O5S/c1-13-16(18(20)23-2)17(14-9-5-3-6-10-14)19(24-13)25(21,22)15-11-7-4-8-12-15/h3-12,17,19H,1-2H3/t17-,19+/m1/s1. The van der Waals surface area contributed by atoms with Gasteiger partial charge in [0, 0.05) is 0 Å². The zero-order chi connectivity index (χ0) is 18.0. The lowest BCUT2D eigenvalue weighted by atomic mass is 9.92. The van der Waals surface area contributed by atoms with Crippen molar-refractivity contribution in [3.63, 3.8) is 0 Å². The highest BCUT2D eigenvalue weighted by atomic mass is 32.2. The van der Waals surface area contributed by atoms with E-state index >= 15 is 0 Å². The van der Waals surface area contributed by atoms with Gasteiger partial charge >= 0.3 is 5.97 Å². The highest BCUT2D eigenvalue weighted by molar-refractivity contribution is 7.92. The monoisotopic (exact) mass is 358 g/mol. The van der Waals surface area contributed by atoms with Crippen molar-refractivity contribution in [3.8, 4) is 0 Å². The van der Waals surface area contributed by atoms with Crippen molar-refractivity contribution < 1.29 is 22.7 Å². The Kier molecular flexibility index (Phi) is 4.63. The molecule has 1 aliphatic rings. The van der Waals surface area contributed by atoms with Crippen molar-refractivity contribution in [2.45, 2.75) is 23.2 Å². The van der Waals surface area contributed by atoms with Crippen LogP contribution < -0.4 is 0 Å². The second kappa shape index (κ2) is 6.72. The molecule has 0 unspecified atom stereocenters. The van der Waals surface area contributed by atoms with Gasteiger partial charge in [0.25, 0.3) is 0 Å². The van der Waals surface area contributed by atoms with Crippen molar-refractivity contribution in [1.29, 1.82) is 0 Å². The Balaban J connectivity index is 2.13. The van der Waals surface area contributed by atoms with Gasteiger partial charge in [-0.2, -0.15) is 0 Å². The number of allylic oxidation sites excluding steroid dienone is 1. The number of ether oxygens (including phenoxy) is 2. The molecule has 3 rings (SSSR count). The third-order valence-corrected chi connectivity index (χ3v) is 6.11. The molecule has 1 heterocycles. The SMILES string of the molecule is COC(=O)C1=C(C)O[C@@H](S(=O)(=O)c2ccccc2)[C@@H]1c1ccccc1. The second-order valence-corrected chi connectivity index (χ2v) is 7.72. The van der Waals surface area contributed by atoms with Crippen molar-refractivity contribution in [2.24, 2.45) is 0 Å². The lowest BCUT2D eigenvalue weighted by Crippen LogP contribution is -2.29. The molecule has 0 aliphatic carbocycles. The Morgan fingerprint density at radius 2 is 1.56 bits per heavy atom. The maximum Gasteiger partial charge on any atom is 0.337 e. The number of carbonyl (C=O) groups is 1. The number of carbonyl (C=O) groups excluding carboxylic acids is 1. The zero-order valence-corrected chi connectivity index (χ0v) is 14.7. The largest absolute Gasteiger partial charge is 0.477 e. The van der Waals surface area contributed by atoms with Crippen LogP contribution >= 0.6 is 0 Å². The van der Waals surface area contributed by atoms with Crippen molar-refractivity contribution >= 4 is 15.8 Å². The van der Waals surface area contributed by atoms with Crippen LogP contribution in [0, 0.1) is 0 Å². The fourth-order valence-corrected chi connectivity index (χ4v) is 4.74. The van der Waals surface area contributed by atoms with E-state index < -0.39 is 27.2 Å². The molecule has 130 valence electrons. The average molecular weight is 358 g/mol. The van der Waals surface area contributed by atoms with Gasteiger partial charge in [0.15, 0.2) is 0 Å². The Morgan fingerprint density at radius 3 is 2.12 bits per heavy atom. The number of esters is 1. The Labute approximate surface area is 146 Å². The van der Waals surface area contributed by atoms with Crippen LogP contribution in [-0.2, 0) is 24.1 Å². The van der Waals surface area contributed by atoms with Crippen LogP contribution in [0.4, 0.5) is 0 Å². The second-order valence-electron chi connectivity index (χ2n) is 5.69. The van der Waals surface area contributed by atoms with Crippen LogP contribution in [0.25, 0.3) is 0 Å². The molecule has 0 N–H and O–H groups in total. The van der Waals surface area contributed by atoms with E-state index in [9.17, 15) is 13.2 Å². The third-order valence-electron chi connectivity index (χ3n) is 4.20. The summed E-state index contributed by atoms with van der Waals surface area (Å²) >= 11 is 0.